The van der Waals surface area contributed by atoms with Gasteiger partial charge >= 0.3 is 0 Å². The summed E-state index contributed by atoms with van der Waals surface area (Å²) in [6, 6.07) is 10.6. The predicted octanol–water partition coefficient (Wildman–Crippen LogP) is 3.96. The summed E-state index contributed by atoms with van der Waals surface area (Å²) in [6.07, 6.45) is 5.98. The number of nitrogens with one attached hydrogen (secondary N) is 4. The number of ether oxygens (including phenoxy) is 1. The SMILES string of the molecule is COc1c(NCC2CC2)ncnc1-c1ccc2nc(Nc3cc(C(C)N4CCNCC4)ccn3)[nH]c2c1. The smallest absolute Gasteiger partial charge is 0.206 e. The summed E-state index contributed by atoms with van der Waals surface area (Å²) in [5.74, 6) is 3.53. The summed E-state index contributed by atoms with van der Waals surface area (Å²) in [5.41, 5.74) is 4.68. The van der Waals surface area contributed by atoms with Gasteiger partial charge < -0.3 is 25.7 Å². The van der Waals surface area contributed by atoms with E-state index in [1.807, 2.05) is 24.4 Å². The molecule has 4 aromatic rings. The van der Waals surface area contributed by atoms with Crippen LogP contribution in [0.2, 0.25) is 0 Å². The van der Waals surface area contributed by atoms with Crippen molar-refractivity contribution < 1.29 is 4.74 Å². The third-order valence-electron chi connectivity index (χ3n) is 7.23. The first-order valence-electron chi connectivity index (χ1n) is 13.0. The predicted molar refractivity (Wildman–Crippen MR) is 145 cm³/mol. The molecule has 0 spiro atoms. The highest BCUT2D eigenvalue weighted by Crippen LogP contribution is 2.36. The maximum absolute atomic E-state index is 5.71. The number of hydrogen-bond acceptors (Lipinski definition) is 9. The van der Waals surface area contributed by atoms with Gasteiger partial charge in [0.15, 0.2) is 11.6 Å². The monoisotopic (exact) mass is 499 g/mol. The molecule has 0 radical (unpaired) electrons. The zero-order chi connectivity index (χ0) is 25.2. The molecule has 2 fully saturated rings. The van der Waals surface area contributed by atoms with E-state index in [2.05, 4.69) is 59.8 Å². The van der Waals surface area contributed by atoms with E-state index in [-0.39, 0.29) is 0 Å². The molecule has 1 atom stereocenters. The Balaban J connectivity index is 1.22. The van der Waals surface area contributed by atoms with E-state index in [4.69, 9.17) is 9.72 Å². The van der Waals surface area contributed by atoms with Gasteiger partial charge in [0.1, 0.15) is 17.8 Å². The normalized spacial score (nSPS) is 17.0. The minimum atomic E-state index is 0.329. The lowest BCUT2D eigenvalue weighted by Crippen LogP contribution is -2.44. The van der Waals surface area contributed by atoms with Crippen LogP contribution in [-0.4, -0.2) is 69.7 Å². The quantitative estimate of drug-likeness (QED) is 0.272. The van der Waals surface area contributed by atoms with E-state index in [0.717, 1.165) is 72.6 Å². The highest BCUT2D eigenvalue weighted by molar-refractivity contribution is 5.85. The molecule has 192 valence electrons. The molecule has 4 heterocycles. The van der Waals surface area contributed by atoms with Gasteiger partial charge in [-0.25, -0.2) is 19.9 Å². The molecule has 0 amide bonds. The molecule has 4 N–H and O–H groups in total. The lowest BCUT2D eigenvalue weighted by molar-refractivity contribution is 0.185. The molecule has 0 bridgehead atoms. The molecule has 1 saturated heterocycles. The summed E-state index contributed by atoms with van der Waals surface area (Å²) in [6.45, 7) is 7.31. The molecule has 2 aliphatic rings. The van der Waals surface area contributed by atoms with Crippen molar-refractivity contribution in [2.75, 3.05) is 50.5 Å². The van der Waals surface area contributed by atoms with E-state index in [1.54, 1.807) is 13.4 Å². The average molecular weight is 500 g/mol. The van der Waals surface area contributed by atoms with Gasteiger partial charge in [0.2, 0.25) is 5.95 Å². The second-order valence-corrected chi connectivity index (χ2v) is 9.81. The zero-order valence-corrected chi connectivity index (χ0v) is 21.3. The Labute approximate surface area is 216 Å². The van der Waals surface area contributed by atoms with Gasteiger partial charge in [0, 0.05) is 50.5 Å². The number of nitrogens with zero attached hydrogens (tertiary/aromatic N) is 5. The van der Waals surface area contributed by atoms with Gasteiger partial charge in [-0.3, -0.25) is 4.90 Å². The van der Waals surface area contributed by atoms with E-state index in [9.17, 15) is 0 Å². The number of H-pyrrole nitrogens is 1. The highest BCUT2D eigenvalue weighted by atomic mass is 16.5. The van der Waals surface area contributed by atoms with E-state index in [0.29, 0.717) is 17.7 Å². The van der Waals surface area contributed by atoms with Crippen LogP contribution in [0.15, 0.2) is 42.9 Å². The van der Waals surface area contributed by atoms with Crippen LogP contribution in [0.5, 0.6) is 5.75 Å². The first-order chi connectivity index (χ1) is 18.2. The number of pyridine rings is 1. The molecule has 1 saturated carbocycles. The number of rotatable bonds is 9. The third kappa shape index (κ3) is 5.21. The van der Waals surface area contributed by atoms with Crippen LogP contribution in [0.1, 0.15) is 31.4 Å². The van der Waals surface area contributed by atoms with Gasteiger partial charge in [-0.1, -0.05) is 6.07 Å². The maximum atomic E-state index is 5.71. The first kappa shape index (κ1) is 23.6. The molecule has 10 heteroatoms. The fourth-order valence-corrected chi connectivity index (χ4v) is 4.85. The Kier molecular flexibility index (Phi) is 6.58. The minimum Gasteiger partial charge on any atom is -0.491 e. The molecule has 37 heavy (non-hydrogen) atoms. The first-order valence-corrected chi connectivity index (χ1v) is 13.0. The van der Waals surface area contributed by atoms with Gasteiger partial charge in [-0.2, -0.15) is 0 Å². The van der Waals surface area contributed by atoms with Crippen LogP contribution < -0.4 is 20.7 Å². The molecule has 3 aromatic heterocycles. The Morgan fingerprint density at radius 2 is 1.97 bits per heavy atom. The number of aromatic amines is 1. The number of anilines is 3. The summed E-state index contributed by atoms with van der Waals surface area (Å²) in [5, 5.41) is 10.2. The number of piperazine rings is 1. The maximum Gasteiger partial charge on any atom is 0.206 e. The molecule has 6 rings (SSSR count). The average Bonchev–Trinajstić information content (AvgIpc) is 3.69. The molecule has 1 aliphatic carbocycles. The Morgan fingerprint density at radius 1 is 1.11 bits per heavy atom. The van der Waals surface area contributed by atoms with Crippen molar-refractivity contribution >= 4 is 28.6 Å². The fraction of sp³-hybridized carbons (Fsp3) is 0.407. The number of fused-ring (bicyclic) bond motifs is 1. The van der Waals surface area contributed by atoms with Crippen LogP contribution in [0.3, 0.4) is 0 Å². The summed E-state index contributed by atoms with van der Waals surface area (Å²) in [7, 11) is 1.66. The number of benzene rings is 1. The Bertz CT molecular complexity index is 1380. The Morgan fingerprint density at radius 3 is 2.78 bits per heavy atom. The lowest BCUT2D eigenvalue weighted by atomic mass is 10.1. The largest absolute Gasteiger partial charge is 0.491 e. The van der Waals surface area contributed by atoms with Crippen molar-refractivity contribution in [3.63, 3.8) is 0 Å². The summed E-state index contributed by atoms with van der Waals surface area (Å²) in [4.78, 5) is 24.1. The van der Waals surface area contributed by atoms with Crippen molar-refractivity contribution in [3.8, 4) is 17.0 Å². The van der Waals surface area contributed by atoms with Crippen LogP contribution >= 0.6 is 0 Å². The van der Waals surface area contributed by atoms with Crippen molar-refractivity contribution in [1.29, 1.82) is 0 Å². The molecule has 1 aromatic carbocycles. The van der Waals surface area contributed by atoms with Gasteiger partial charge in [-0.05, 0) is 55.5 Å². The minimum absolute atomic E-state index is 0.329. The number of imidazole rings is 1. The fourth-order valence-electron chi connectivity index (χ4n) is 4.85. The number of hydrogen-bond donors (Lipinski definition) is 4. The van der Waals surface area contributed by atoms with E-state index < -0.39 is 0 Å². The summed E-state index contributed by atoms with van der Waals surface area (Å²) >= 11 is 0. The molecule has 1 unspecified atom stereocenters. The molecule has 1 aliphatic heterocycles. The van der Waals surface area contributed by atoms with Gasteiger partial charge in [0.05, 0.1) is 18.1 Å². The standard InChI is InChI=1S/C27H33N9O/c1-17(36-11-9-28-10-12-36)19-7-8-29-23(14-19)35-27-33-21-6-5-20(13-22(21)34-27)24-25(37-2)26(32-16-31-24)30-15-18-3-4-18/h5-8,13-14,16-18,28H,3-4,9-12,15H2,1-2H3,(H,30,31,32)(H2,29,33,34,35). The second kappa shape index (κ2) is 10.3. The van der Waals surface area contributed by atoms with Crippen molar-refractivity contribution in [1.82, 2.24) is 35.1 Å². The van der Waals surface area contributed by atoms with E-state index >= 15 is 0 Å². The molecule has 10 nitrogen and oxygen atoms in total. The number of methoxy groups -OCH3 is 1. The van der Waals surface area contributed by atoms with Crippen molar-refractivity contribution in [2.24, 2.45) is 5.92 Å². The van der Waals surface area contributed by atoms with Crippen molar-refractivity contribution in [2.45, 2.75) is 25.8 Å². The molecular formula is C27H33N9O. The van der Waals surface area contributed by atoms with Crippen LogP contribution in [0.25, 0.3) is 22.3 Å². The van der Waals surface area contributed by atoms with Crippen LogP contribution in [-0.2, 0) is 0 Å². The van der Waals surface area contributed by atoms with Crippen LogP contribution in [0, 0.1) is 5.92 Å². The van der Waals surface area contributed by atoms with Crippen molar-refractivity contribution in [3.05, 3.63) is 48.4 Å². The highest BCUT2D eigenvalue weighted by Gasteiger charge is 2.23. The summed E-state index contributed by atoms with van der Waals surface area (Å²) < 4.78 is 5.71. The third-order valence-corrected chi connectivity index (χ3v) is 7.23. The topological polar surface area (TPSA) is 116 Å². The van der Waals surface area contributed by atoms with Gasteiger partial charge in [0.25, 0.3) is 0 Å². The molecular weight excluding hydrogens is 466 g/mol. The lowest BCUT2D eigenvalue weighted by Gasteiger charge is -2.33. The van der Waals surface area contributed by atoms with E-state index in [1.165, 1.54) is 18.4 Å². The Hall–Kier alpha value is -3.76. The van der Waals surface area contributed by atoms with Gasteiger partial charge in [-0.15, -0.1) is 0 Å². The number of aromatic nitrogens is 5. The second-order valence-electron chi connectivity index (χ2n) is 9.81. The van der Waals surface area contributed by atoms with Crippen LogP contribution in [0.4, 0.5) is 17.6 Å². The zero-order valence-electron chi connectivity index (χ0n) is 21.3.